The van der Waals surface area contributed by atoms with E-state index in [-0.39, 0.29) is 17.6 Å². The average Bonchev–Trinajstić information content (AvgIpc) is 2.43. The van der Waals surface area contributed by atoms with Crippen LogP contribution in [0.2, 0.25) is 5.02 Å². The van der Waals surface area contributed by atoms with Gasteiger partial charge in [0, 0.05) is 10.6 Å². The predicted octanol–water partition coefficient (Wildman–Crippen LogP) is 4.10. The summed E-state index contributed by atoms with van der Waals surface area (Å²) in [6.45, 7) is 1.96. The molecule has 2 nitrogen and oxygen atoms in total. The zero-order valence-electron chi connectivity index (χ0n) is 11.7. The molecule has 1 unspecified atom stereocenters. The number of benzene rings is 2. The summed E-state index contributed by atoms with van der Waals surface area (Å²) in [5, 5.41) is 3.82. The minimum atomic E-state index is -0.344. The van der Waals surface area contributed by atoms with E-state index in [1.54, 1.807) is 25.2 Å². The molecule has 0 aromatic heterocycles. The Morgan fingerprint density at radius 1 is 1.20 bits per heavy atom. The van der Waals surface area contributed by atoms with Crippen LogP contribution in [-0.4, -0.2) is 14.2 Å². The number of hydrogen-bond donors (Lipinski definition) is 1. The molecule has 4 heteroatoms. The molecule has 2 aromatic rings. The molecule has 0 fully saturated rings. The molecule has 20 heavy (non-hydrogen) atoms. The molecular formula is C16H17ClFNO. The lowest BCUT2D eigenvalue weighted by Crippen LogP contribution is -2.20. The fourth-order valence-corrected chi connectivity index (χ4v) is 2.58. The summed E-state index contributed by atoms with van der Waals surface area (Å²) in [6.07, 6.45) is 0. The summed E-state index contributed by atoms with van der Waals surface area (Å²) in [5.74, 6) is -0.0990. The first-order chi connectivity index (χ1) is 9.58. The van der Waals surface area contributed by atoms with Gasteiger partial charge in [0.25, 0.3) is 0 Å². The molecule has 0 amide bonds. The highest BCUT2D eigenvalue weighted by molar-refractivity contribution is 6.30. The fraction of sp³-hybridized carbons (Fsp3) is 0.250. The lowest BCUT2D eigenvalue weighted by molar-refractivity contribution is 0.382. The third-order valence-corrected chi connectivity index (χ3v) is 3.59. The smallest absolute Gasteiger partial charge is 0.170 e. The van der Waals surface area contributed by atoms with Gasteiger partial charge in [-0.15, -0.1) is 0 Å². The molecule has 0 radical (unpaired) electrons. The Morgan fingerprint density at radius 3 is 2.55 bits per heavy atom. The Balaban J connectivity index is 2.52. The van der Waals surface area contributed by atoms with Crippen LogP contribution in [0.25, 0.3) is 0 Å². The second kappa shape index (κ2) is 6.25. The van der Waals surface area contributed by atoms with Crippen molar-refractivity contribution in [2.45, 2.75) is 13.0 Å². The molecule has 0 aliphatic carbocycles. The van der Waals surface area contributed by atoms with Crippen LogP contribution in [0, 0.1) is 12.7 Å². The van der Waals surface area contributed by atoms with Crippen LogP contribution in [0.5, 0.6) is 5.75 Å². The van der Waals surface area contributed by atoms with Crippen molar-refractivity contribution in [1.82, 2.24) is 5.32 Å². The maximum absolute atomic E-state index is 14.4. The predicted molar refractivity (Wildman–Crippen MR) is 80.0 cm³/mol. The second-order valence-corrected chi connectivity index (χ2v) is 5.02. The van der Waals surface area contributed by atoms with Crippen LogP contribution in [0.15, 0.2) is 36.4 Å². The van der Waals surface area contributed by atoms with Crippen molar-refractivity contribution in [1.29, 1.82) is 0 Å². The number of hydrogen-bond acceptors (Lipinski definition) is 2. The van der Waals surface area contributed by atoms with E-state index in [9.17, 15) is 4.39 Å². The molecule has 106 valence electrons. The summed E-state index contributed by atoms with van der Waals surface area (Å²) in [4.78, 5) is 0. The Kier molecular flexibility index (Phi) is 4.63. The molecule has 2 rings (SSSR count). The van der Waals surface area contributed by atoms with E-state index in [1.165, 1.54) is 7.11 Å². The number of halogens is 2. The van der Waals surface area contributed by atoms with Crippen LogP contribution < -0.4 is 10.1 Å². The fourth-order valence-electron chi connectivity index (χ4n) is 2.35. The van der Waals surface area contributed by atoms with Gasteiger partial charge in [0.1, 0.15) is 0 Å². The first kappa shape index (κ1) is 14.8. The van der Waals surface area contributed by atoms with E-state index in [0.29, 0.717) is 10.6 Å². The minimum Gasteiger partial charge on any atom is -0.494 e. The minimum absolute atomic E-state index is 0.245. The van der Waals surface area contributed by atoms with Crippen LogP contribution in [0.3, 0.4) is 0 Å². The first-order valence-electron chi connectivity index (χ1n) is 6.34. The molecule has 0 spiro atoms. The zero-order valence-corrected chi connectivity index (χ0v) is 12.5. The molecule has 0 saturated heterocycles. The molecular weight excluding hydrogens is 277 g/mol. The van der Waals surface area contributed by atoms with E-state index in [2.05, 4.69) is 5.32 Å². The van der Waals surface area contributed by atoms with Gasteiger partial charge in [-0.3, -0.25) is 0 Å². The van der Waals surface area contributed by atoms with E-state index in [4.69, 9.17) is 16.3 Å². The Labute approximate surface area is 123 Å². The molecule has 0 saturated carbocycles. The van der Waals surface area contributed by atoms with Crippen LogP contribution in [0.4, 0.5) is 4.39 Å². The third-order valence-electron chi connectivity index (χ3n) is 3.36. The van der Waals surface area contributed by atoms with Gasteiger partial charge in [-0.05, 0) is 43.3 Å². The SMILES string of the molecule is CNC(c1ccc(Cl)cc1C)c1cccc(OC)c1F. The van der Waals surface area contributed by atoms with E-state index in [1.807, 2.05) is 25.1 Å². The normalized spacial score (nSPS) is 12.2. The highest BCUT2D eigenvalue weighted by atomic mass is 35.5. The van der Waals surface area contributed by atoms with Gasteiger partial charge in [-0.2, -0.15) is 0 Å². The Hall–Kier alpha value is -1.58. The molecule has 0 aliphatic heterocycles. The van der Waals surface area contributed by atoms with Crippen LogP contribution >= 0.6 is 11.6 Å². The first-order valence-corrected chi connectivity index (χ1v) is 6.72. The Morgan fingerprint density at radius 2 is 1.95 bits per heavy atom. The molecule has 0 aliphatic rings. The second-order valence-electron chi connectivity index (χ2n) is 4.59. The highest BCUT2D eigenvalue weighted by Gasteiger charge is 2.20. The van der Waals surface area contributed by atoms with Crippen molar-refractivity contribution >= 4 is 11.6 Å². The van der Waals surface area contributed by atoms with Gasteiger partial charge >= 0.3 is 0 Å². The number of nitrogens with one attached hydrogen (secondary N) is 1. The highest BCUT2D eigenvalue weighted by Crippen LogP contribution is 2.31. The van der Waals surface area contributed by atoms with E-state index in [0.717, 1.165) is 11.1 Å². The van der Waals surface area contributed by atoms with Crippen molar-refractivity contribution < 1.29 is 9.13 Å². The number of ether oxygens (including phenoxy) is 1. The summed E-state index contributed by atoms with van der Waals surface area (Å²) in [7, 11) is 3.27. The Bertz CT molecular complexity index is 615. The van der Waals surface area contributed by atoms with Gasteiger partial charge in [-0.25, -0.2) is 4.39 Å². The quantitative estimate of drug-likeness (QED) is 0.916. The van der Waals surface area contributed by atoms with Gasteiger partial charge in [0.05, 0.1) is 13.2 Å². The molecule has 1 atom stereocenters. The lowest BCUT2D eigenvalue weighted by Gasteiger charge is -2.21. The number of rotatable bonds is 4. The molecule has 2 aromatic carbocycles. The van der Waals surface area contributed by atoms with Crippen LogP contribution in [-0.2, 0) is 0 Å². The maximum atomic E-state index is 14.4. The van der Waals surface area contributed by atoms with Gasteiger partial charge in [0.2, 0.25) is 0 Å². The van der Waals surface area contributed by atoms with Crippen molar-refractivity contribution in [3.05, 3.63) is 63.9 Å². The van der Waals surface area contributed by atoms with Gasteiger partial charge in [-0.1, -0.05) is 29.8 Å². The molecule has 1 N–H and O–H groups in total. The van der Waals surface area contributed by atoms with Crippen molar-refractivity contribution in [2.24, 2.45) is 0 Å². The maximum Gasteiger partial charge on any atom is 0.170 e. The lowest BCUT2D eigenvalue weighted by atomic mass is 9.94. The van der Waals surface area contributed by atoms with Gasteiger partial charge < -0.3 is 10.1 Å². The van der Waals surface area contributed by atoms with Crippen molar-refractivity contribution in [3.63, 3.8) is 0 Å². The summed E-state index contributed by atoms with van der Waals surface area (Å²) < 4.78 is 19.5. The zero-order chi connectivity index (χ0) is 14.7. The van der Waals surface area contributed by atoms with E-state index >= 15 is 0 Å². The summed E-state index contributed by atoms with van der Waals surface area (Å²) in [5.41, 5.74) is 2.56. The van der Waals surface area contributed by atoms with E-state index < -0.39 is 0 Å². The standard InChI is InChI=1S/C16H17ClFNO/c1-10-9-11(17)7-8-12(10)16(19-2)13-5-4-6-14(20-3)15(13)18/h4-9,16,19H,1-3H3. The monoisotopic (exact) mass is 293 g/mol. The molecule has 0 bridgehead atoms. The van der Waals surface area contributed by atoms with Crippen molar-refractivity contribution in [2.75, 3.05) is 14.2 Å². The third kappa shape index (κ3) is 2.79. The van der Waals surface area contributed by atoms with Gasteiger partial charge in [0.15, 0.2) is 11.6 Å². The van der Waals surface area contributed by atoms with Crippen molar-refractivity contribution in [3.8, 4) is 5.75 Å². The summed E-state index contributed by atoms with van der Waals surface area (Å²) in [6, 6.07) is 10.5. The summed E-state index contributed by atoms with van der Waals surface area (Å²) >= 11 is 5.98. The topological polar surface area (TPSA) is 21.3 Å². The molecule has 0 heterocycles. The number of aryl methyl sites for hydroxylation is 1. The number of methoxy groups -OCH3 is 1. The van der Waals surface area contributed by atoms with Crippen LogP contribution in [0.1, 0.15) is 22.7 Å². The largest absolute Gasteiger partial charge is 0.494 e. The average molecular weight is 294 g/mol.